The molecule has 170 valence electrons. The first-order valence-corrected chi connectivity index (χ1v) is 11.7. The summed E-state index contributed by atoms with van der Waals surface area (Å²) in [6.45, 7) is 4.76. The minimum absolute atomic E-state index is 0.0267. The first-order chi connectivity index (χ1) is 15.6. The number of aromatic nitrogens is 2. The van der Waals surface area contributed by atoms with Gasteiger partial charge in [-0.05, 0) is 50.1 Å². The van der Waals surface area contributed by atoms with Gasteiger partial charge in [0.15, 0.2) is 5.78 Å². The maximum absolute atomic E-state index is 13.2. The number of nitrogens with zero attached hydrogens (tertiary/aromatic N) is 2. The summed E-state index contributed by atoms with van der Waals surface area (Å²) in [6, 6.07) is 11.1. The second-order valence-electron chi connectivity index (χ2n) is 7.89. The molecule has 3 aromatic rings. The molecule has 0 fully saturated rings. The molecule has 4 rings (SSSR count). The molecule has 0 bridgehead atoms. The normalized spacial score (nSPS) is 13.8. The van der Waals surface area contributed by atoms with Crippen molar-refractivity contribution in [3.8, 4) is 11.1 Å². The number of carbonyl (C=O) groups is 3. The van der Waals surface area contributed by atoms with Crippen molar-refractivity contribution in [3.05, 3.63) is 59.3 Å². The third-order valence-corrected chi connectivity index (χ3v) is 6.93. The van der Waals surface area contributed by atoms with Crippen LogP contribution in [-0.4, -0.2) is 35.8 Å². The van der Waals surface area contributed by atoms with Gasteiger partial charge in [-0.2, -0.15) is 9.78 Å². The van der Waals surface area contributed by atoms with Crippen LogP contribution in [0, 0.1) is 13.8 Å². The molecule has 0 unspecified atom stereocenters. The fraction of sp³-hybridized carbons (Fsp3) is 0.217. The van der Waals surface area contributed by atoms with Gasteiger partial charge in [-0.15, -0.1) is 0 Å². The third-order valence-electron chi connectivity index (χ3n) is 5.41. The zero-order valence-electron chi connectivity index (χ0n) is 18.3. The first-order valence-electron chi connectivity index (χ1n) is 10.2. The molecule has 0 atom stereocenters. The van der Waals surface area contributed by atoms with Gasteiger partial charge in [-0.1, -0.05) is 24.3 Å². The Morgan fingerprint density at radius 1 is 1.09 bits per heavy atom. The molecule has 10 heteroatoms. The van der Waals surface area contributed by atoms with E-state index < -0.39 is 10.0 Å². The van der Waals surface area contributed by atoms with Crippen LogP contribution in [0.5, 0.6) is 0 Å². The lowest BCUT2D eigenvalue weighted by Gasteiger charge is -2.13. The fourth-order valence-electron chi connectivity index (χ4n) is 3.75. The zero-order chi connectivity index (χ0) is 23.9. The molecule has 1 aliphatic rings. The van der Waals surface area contributed by atoms with Crippen molar-refractivity contribution in [1.82, 2.24) is 9.78 Å². The SMILES string of the molecule is CC(=O)c1cccc(NS(=O)(=O)c2cc(-c3c(C)nn4c3NC(=O)CCC4=O)ccc2C)c1. The Bertz CT molecular complexity index is 1420. The Kier molecular flexibility index (Phi) is 5.62. The molecular formula is C23H22N4O5S. The molecule has 0 spiro atoms. The number of Topliss-reactive ketones (excluding diaryl/α,β-unsaturated/α-hetero) is 1. The monoisotopic (exact) mass is 466 g/mol. The van der Waals surface area contributed by atoms with E-state index in [4.69, 9.17) is 0 Å². The predicted molar refractivity (Wildman–Crippen MR) is 123 cm³/mol. The number of ketones is 1. The predicted octanol–water partition coefficient (Wildman–Crippen LogP) is 3.54. The van der Waals surface area contributed by atoms with Crippen molar-refractivity contribution in [2.75, 3.05) is 10.0 Å². The lowest BCUT2D eigenvalue weighted by molar-refractivity contribution is -0.116. The molecule has 1 aromatic heterocycles. The molecular weight excluding hydrogens is 444 g/mol. The van der Waals surface area contributed by atoms with Crippen LogP contribution in [0.4, 0.5) is 11.5 Å². The van der Waals surface area contributed by atoms with Gasteiger partial charge in [-0.3, -0.25) is 19.1 Å². The topological polar surface area (TPSA) is 127 Å². The zero-order valence-corrected chi connectivity index (χ0v) is 19.1. The largest absolute Gasteiger partial charge is 0.310 e. The van der Waals surface area contributed by atoms with Gasteiger partial charge >= 0.3 is 0 Å². The second kappa shape index (κ2) is 8.28. The smallest absolute Gasteiger partial charge is 0.262 e. The second-order valence-corrected chi connectivity index (χ2v) is 9.54. The summed E-state index contributed by atoms with van der Waals surface area (Å²) in [5.74, 6) is -0.572. The van der Waals surface area contributed by atoms with E-state index in [0.29, 0.717) is 27.9 Å². The van der Waals surface area contributed by atoms with Crippen molar-refractivity contribution < 1.29 is 22.8 Å². The Morgan fingerprint density at radius 2 is 1.85 bits per heavy atom. The fourth-order valence-corrected chi connectivity index (χ4v) is 5.07. The van der Waals surface area contributed by atoms with Crippen LogP contribution in [0.3, 0.4) is 0 Å². The number of rotatable bonds is 5. The summed E-state index contributed by atoms with van der Waals surface area (Å²) in [6.07, 6.45) is 0.0909. The van der Waals surface area contributed by atoms with Crippen molar-refractivity contribution in [3.63, 3.8) is 0 Å². The van der Waals surface area contributed by atoms with Crippen LogP contribution in [0.1, 0.15) is 46.2 Å². The highest BCUT2D eigenvalue weighted by molar-refractivity contribution is 7.92. The molecule has 1 aliphatic heterocycles. The van der Waals surface area contributed by atoms with E-state index in [-0.39, 0.29) is 46.8 Å². The van der Waals surface area contributed by atoms with Crippen LogP contribution in [0.15, 0.2) is 47.4 Å². The number of carbonyl (C=O) groups excluding carboxylic acids is 3. The summed E-state index contributed by atoms with van der Waals surface area (Å²) in [5.41, 5.74) is 2.61. The van der Waals surface area contributed by atoms with E-state index in [1.165, 1.54) is 19.1 Å². The Morgan fingerprint density at radius 3 is 2.58 bits per heavy atom. The molecule has 0 saturated heterocycles. The standard InChI is InChI=1S/C23H22N4O5S/c1-13-7-8-17(22-14(2)25-27-21(30)10-9-20(29)24-23(22)27)12-19(13)33(31,32)26-18-6-4-5-16(11-18)15(3)28/h4-8,11-12,26H,9-10H2,1-3H3,(H,24,29). The molecule has 1 amide bonds. The summed E-state index contributed by atoms with van der Waals surface area (Å²) in [4.78, 5) is 36.2. The third kappa shape index (κ3) is 4.29. The van der Waals surface area contributed by atoms with Gasteiger partial charge in [0.25, 0.3) is 10.0 Å². The highest BCUT2D eigenvalue weighted by Gasteiger charge is 2.27. The summed E-state index contributed by atoms with van der Waals surface area (Å²) < 4.78 is 30.1. The highest BCUT2D eigenvalue weighted by Crippen LogP contribution is 2.35. The van der Waals surface area contributed by atoms with Crippen LogP contribution in [0.25, 0.3) is 11.1 Å². The molecule has 0 saturated carbocycles. The van der Waals surface area contributed by atoms with Crippen molar-refractivity contribution in [1.29, 1.82) is 0 Å². The van der Waals surface area contributed by atoms with Gasteiger partial charge in [-0.25, -0.2) is 8.42 Å². The van der Waals surface area contributed by atoms with Crippen molar-refractivity contribution >= 4 is 39.1 Å². The van der Waals surface area contributed by atoms with E-state index in [1.807, 2.05) is 0 Å². The molecule has 2 heterocycles. The van der Waals surface area contributed by atoms with E-state index in [1.54, 1.807) is 44.2 Å². The van der Waals surface area contributed by atoms with E-state index in [0.717, 1.165) is 4.68 Å². The lowest BCUT2D eigenvalue weighted by atomic mass is 10.0. The molecule has 2 N–H and O–H groups in total. The number of sulfonamides is 1. The minimum atomic E-state index is -4.01. The summed E-state index contributed by atoms with van der Waals surface area (Å²) in [5, 5.41) is 6.98. The van der Waals surface area contributed by atoms with Crippen LogP contribution >= 0.6 is 0 Å². The van der Waals surface area contributed by atoms with Crippen LogP contribution in [0.2, 0.25) is 0 Å². The number of anilines is 2. The average Bonchev–Trinajstić information content (AvgIpc) is 3.00. The Balaban J connectivity index is 1.78. The number of fused-ring (bicyclic) bond motifs is 1. The van der Waals surface area contributed by atoms with Crippen LogP contribution in [-0.2, 0) is 14.8 Å². The number of hydrogen-bond donors (Lipinski definition) is 2. The Hall–Kier alpha value is -3.79. The average molecular weight is 467 g/mol. The van der Waals surface area contributed by atoms with Gasteiger partial charge in [0.05, 0.1) is 10.6 Å². The number of benzene rings is 2. The molecule has 33 heavy (non-hydrogen) atoms. The Labute approximate surface area is 190 Å². The summed E-state index contributed by atoms with van der Waals surface area (Å²) in [7, 11) is -4.01. The number of amides is 1. The maximum atomic E-state index is 13.2. The number of hydrogen-bond acceptors (Lipinski definition) is 6. The first kappa shape index (κ1) is 22.4. The number of aryl methyl sites for hydroxylation is 2. The van der Waals surface area contributed by atoms with Gasteiger partial charge in [0.2, 0.25) is 11.8 Å². The highest BCUT2D eigenvalue weighted by atomic mass is 32.2. The van der Waals surface area contributed by atoms with E-state index in [2.05, 4.69) is 15.1 Å². The van der Waals surface area contributed by atoms with Crippen LogP contribution < -0.4 is 10.0 Å². The van der Waals surface area contributed by atoms with Gasteiger partial charge in [0, 0.05) is 29.7 Å². The molecule has 0 radical (unpaired) electrons. The quantitative estimate of drug-likeness (QED) is 0.554. The molecule has 2 aromatic carbocycles. The van der Waals surface area contributed by atoms with E-state index >= 15 is 0 Å². The molecule has 0 aliphatic carbocycles. The number of nitrogens with one attached hydrogen (secondary N) is 2. The maximum Gasteiger partial charge on any atom is 0.262 e. The lowest BCUT2D eigenvalue weighted by Crippen LogP contribution is -2.15. The summed E-state index contributed by atoms with van der Waals surface area (Å²) >= 11 is 0. The van der Waals surface area contributed by atoms with Gasteiger partial charge in [0.1, 0.15) is 5.82 Å². The minimum Gasteiger partial charge on any atom is -0.310 e. The van der Waals surface area contributed by atoms with E-state index in [9.17, 15) is 22.8 Å². The van der Waals surface area contributed by atoms with Crippen molar-refractivity contribution in [2.45, 2.75) is 38.5 Å². The van der Waals surface area contributed by atoms with Crippen molar-refractivity contribution in [2.24, 2.45) is 0 Å². The van der Waals surface area contributed by atoms with Gasteiger partial charge < -0.3 is 5.32 Å². The molecule has 9 nitrogen and oxygen atoms in total.